The molecule has 0 saturated heterocycles. The van der Waals surface area contributed by atoms with E-state index in [2.05, 4.69) is 25.6 Å². The Kier molecular flexibility index (Phi) is 5.39. The highest BCUT2D eigenvalue weighted by molar-refractivity contribution is 7.99. The molecule has 0 spiro atoms. The molecule has 3 aromatic heterocycles. The fourth-order valence-corrected chi connectivity index (χ4v) is 3.39. The second-order valence-corrected chi connectivity index (χ2v) is 7.17. The SMILES string of the molecule is Cc1nn(-c2ccccc2)c(C)c1NC(=O)CSc1nnc(-c2ccncc2)o1. The van der Waals surface area contributed by atoms with Gasteiger partial charge in [-0.2, -0.15) is 5.10 Å². The third-order valence-corrected chi connectivity index (χ3v) is 5.04. The first-order chi connectivity index (χ1) is 14.1. The van der Waals surface area contributed by atoms with Crippen LogP contribution in [0.3, 0.4) is 0 Å². The van der Waals surface area contributed by atoms with Crippen LogP contribution in [0.2, 0.25) is 0 Å². The van der Waals surface area contributed by atoms with Crippen molar-refractivity contribution >= 4 is 23.4 Å². The van der Waals surface area contributed by atoms with E-state index >= 15 is 0 Å². The maximum absolute atomic E-state index is 12.4. The van der Waals surface area contributed by atoms with Crippen LogP contribution >= 0.6 is 11.8 Å². The molecule has 1 amide bonds. The van der Waals surface area contributed by atoms with E-state index in [1.54, 1.807) is 24.5 Å². The molecule has 146 valence electrons. The first-order valence-electron chi connectivity index (χ1n) is 8.90. The van der Waals surface area contributed by atoms with Crippen LogP contribution in [-0.4, -0.2) is 36.6 Å². The Morgan fingerprint density at radius 3 is 2.62 bits per heavy atom. The third-order valence-electron chi connectivity index (χ3n) is 4.22. The summed E-state index contributed by atoms with van der Waals surface area (Å²) in [6, 6.07) is 13.4. The van der Waals surface area contributed by atoms with Gasteiger partial charge in [-0.3, -0.25) is 9.78 Å². The number of para-hydroxylation sites is 1. The monoisotopic (exact) mass is 406 g/mol. The average molecular weight is 406 g/mol. The second kappa shape index (κ2) is 8.27. The van der Waals surface area contributed by atoms with Crippen LogP contribution in [0, 0.1) is 13.8 Å². The summed E-state index contributed by atoms with van der Waals surface area (Å²) in [4.78, 5) is 16.4. The van der Waals surface area contributed by atoms with E-state index in [1.807, 2.05) is 48.9 Å². The highest BCUT2D eigenvalue weighted by atomic mass is 32.2. The molecule has 0 aliphatic rings. The number of benzene rings is 1. The van der Waals surface area contributed by atoms with Crippen molar-refractivity contribution < 1.29 is 9.21 Å². The summed E-state index contributed by atoms with van der Waals surface area (Å²) in [6.07, 6.45) is 3.31. The molecule has 0 bridgehead atoms. The minimum absolute atomic E-state index is 0.146. The molecule has 29 heavy (non-hydrogen) atoms. The van der Waals surface area contributed by atoms with E-state index in [4.69, 9.17) is 4.42 Å². The van der Waals surface area contributed by atoms with Crippen molar-refractivity contribution in [1.82, 2.24) is 25.0 Å². The Labute approximate surface area is 171 Å². The molecule has 4 aromatic rings. The largest absolute Gasteiger partial charge is 0.411 e. The van der Waals surface area contributed by atoms with Gasteiger partial charge in [-0.15, -0.1) is 10.2 Å². The molecule has 0 aliphatic carbocycles. The van der Waals surface area contributed by atoms with Gasteiger partial charge in [0.15, 0.2) is 0 Å². The molecular weight excluding hydrogens is 388 g/mol. The van der Waals surface area contributed by atoms with Crippen LogP contribution in [0.4, 0.5) is 5.69 Å². The van der Waals surface area contributed by atoms with Crippen LogP contribution in [0.15, 0.2) is 64.5 Å². The number of amides is 1. The average Bonchev–Trinajstić information content (AvgIpc) is 3.34. The van der Waals surface area contributed by atoms with Crippen molar-refractivity contribution in [1.29, 1.82) is 0 Å². The highest BCUT2D eigenvalue weighted by Crippen LogP contribution is 2.25. The standard InChI is InChI=1S/C20H18N6O2S/c1-13-18(14(2)26(25-13)16-6-4-3-5-7-16)22-17(27)12-29-20-24-23-19(28-20)15-8-10-21-11-9-15/h3-11H,12H2,1-2H3,(H,22,27). The van der Waals surface area contributed by atoms with Crippen molar-refractivity contribution in [3.8, 4) is 17.1 Å². The zero-order chi connectivity index (χ0) is 20.2. The Bertz CT molecular complexity index is 1120. The number of carbonyl (C=O) groups is 1. The van der Waals surface area contributed by atoms with Gasteiger partial charge in [0.2, 0.25) is 11.8 Å². The zero-order valence-electron chi connectivity index (χ0n) is 15.9. The lowest BCUT2D eigenvalue weighted by atomic mass is 10.3. The Balaban J connectivity index is 1.41. The van der Waals surface area contributed by atoms with E-state index in [0.29, 0.717) is 16.8 Å². The number of anilines is 1. The quantitative estimate of drug-likeness (QED) is 0.488. The lowest BCUT2D eigenvalue weighted by molar-refractivity contribution is -0.113. The summed E-state index contributed by atoms with van der Waals surface area (Å²) in [5, 5.41) is 15.8. The molecular formula is C20H18N6O2S. The van der Waals surface area contributed by atoms with Gasteiger partial charge >= 0.3 is 0 Å². The summed E-state index contributed by atoms with van der Waals surface area (Å²) in [6.45, 7) is 3.79. The number of hydrogen-bond acceptors (Lipinski definition) is 7. The van der Waals surface area contributed by atoms with Crippen molar-refractivity contribution in [2.45, 2.75) is 19.1 Å². The fourth-order valence-electron chi connectivity index (χ4n) is 2.83. The number of nitrogens with one attached hydrogen (secondary N) is 1. The number of aromatic nitrogens is 5. The van der Waals surface area contributed by atoms with Gasteiger partial charge in [-0.1, -0.05) is 30.0 Å². The molecule has 0 aliphatic heterocycles. The molecule has 0 unspecified atom stereocenters. The summed E-state index contributed by atoms with van der Waals surface area (Å²) in [7, 11) is 0. The number of hydrogen-bond donors (Lipinski definition) is 1. The zero-order valence-corrected chi connectivity index (χ0v) is 16.7. The van der Waals surface area contributed by atoms with Crippen molar-refractivity contribution in [3.05, 3.63) is 66.2 Å². The van der Waals surface area contributed by atoms with E-state index in [0.717, 1.165) is 22.6 Å². The van der Waals surface area contributed by atoms with Gasteiger partial charge in [0.1, 0.15) is 0 Å². The predicted octanol–water partition coefficient (Wildman–Crippen LogP) is 3.66. The lowest BCUT2D eigenvalue weighted by Crippen LogP contribution is -2.15. The molecule has 8 nitrogen and oxygen atoms in total. The molecule has 9 heteroatoms. The number of pyridine rings is 1. The normalized spacial score (nSPS) is 10.8. The summed E-state index contributed by atoms with van der Waals surface area (Å²) < 4.78 is 7.41. The van der Waals surface area contributed by atoms with Gasteiger partial charge in [-0.25, -0.2) is 4.68 Å². The Morgan fingerprint density at radius 2 is 1.86 bits per heavy atom. The fraction of sp³-hybridized carbons (Fsp3) is 0.150. The maximum atomic E-state index is 12.4. The molecule has 0 atom stereocenters. The predicted molar refractivity (Wildman–Crippen MR) is 110 cm³/mol. The molecule has 0 radical (unpaired) electrons. The van der Waals surface area contributed by atoms with E-state index in [9.17, 15) is 4.79 Å². The summed E-state index contributed by atoms with van der Waals surface area (Å²) in [5.74, 6) is 0.372. The minimum atomic E-state index is -0.169. The van der Waals surface area contributed by atoms with Gasteiger partial charge < -0.3 is 9.73 Å². The number of carbonyl (C=O) groups excluding carboxylic acids is 1. The smallest absolute Gasteiger partial charge is 0.277 e. The highest BCUT2D eigenvalue weighted by Gasteiger charge is 2.16. The van der Waals surface area contributed by atoms with Crippen LogP contribution in [0.5, 0.6) is 0 Å². The molecule has 3 heterocycles. The molecule has 0 fully saturated rings. The third kappa shape index (κ3) is 4.19. The maximum Gasteiger partial charge on any atom is 0.277 e. The van der Waals surface area contributed by atoms with Crippen molar-refractivity contribution in [3.63, 3.8) is 0 Å². The lowest BCUT2D eigenvalue weighted by Gasteiger charge is -2.06. The number of aryl methyl sites for hydroxylation is 1. The Morgan fingerprint density at radius 1 is 1.10 bits per heavy atom. The van der Waals surface area contributed by atoms with Crippen molar-refractivity contribution in [2.75, 3.05) is 11.1 Å². The number of thioether (sulfide) groups is 1. The molecule has 1 N–H and O–H groups in total. The minimum Gasteiger partial charge on any atom is -0.411 e. The Hall–Kier alpha value is -3.46. The first kappa shape index (κ1) is 18.9. The van der Waals surface area contributed by atoms with Crippen LogP contribution < -0.4 is 5.32 Å². The molecule has 1 aromatic carbocycles. The first-order valence-corrected chi connectivity index (χ1v) is 9.88. The van der Waals surface area contributed by atoms with Gasteiger partial charge in [0.25, 0.3) is 5.22 Å². The van der Waals surface area contributed by atoms with Gasteiger partial charge in [0.05, 0.1) is 28.5 Å². The second-order valence-electron chi connectivity index (χ2n) is 6.24. The number of rotatable bonds is 6. The molecule has 0 saturated carbocycles. The van der Waals surface area contributed by atoms with Gasteiger partial charge in [-0.05, 0) is 38.1 Å². The number of nitrogens with zero attached hydrogens (tertiary/aromatic N) is 5. The van der Waals surface area contributed by atoms with E-state index in [1.165, 1.54) is 11.8 Å². The van der Waals surface area contributed by atoms with Crippen molar-refractivity contribution in [2.24, 2.45) is 0 Å². The van der Waals surface area contributed by atoms with E-state index in [-0.39, 0.29) is 11.7 Å². The summed E-state index contributed by atoms with van der Waals surface area (Å²) >= 11 is 1.18. The van der Waals surface area contributed by atoms with Crippen LogP contribution in [-0.2, 0) is 4.79 Å². The van der Waals surface area contributed by atoms with Crippen LogP contribution in [0.25, 0.3) is 17.1 Å². The molecule has 4 rings (SSSR count). The summed E-state index contributed by atoms with van der Waals surface area (Å²) in [5.41, 5.74) is 4.05. The van der Waals surface area contributed by atoms with Gasteiger partial charge in [0, 0.05) is 18.0 Å². The topological polar surface area (TPSA) is 98.7 Å². The van der Waals surface area contributed by atoms with Crippen LogP contribution in [0.1, 0.15) is 11.4 Å². The van der Waals surface area contributed by atoms with E-state index < -0.39 is 0 Å².